The summed E-state index contributed by atoms with van der Waals surface area (Å²) >= 11 is 1.80. The quantitative estimate of drug-likeness (QED) is 0.728. The summed E-state index contributed by atoms with van der Waals surface area (Å²) in [6.45, 7) is 0.817. The minimum Gasteiger partial charge on any atom is -0.438 e. The second-order valence-corrected chi connectivity index (χ2v) is 4.89. The maximum atomic E-state index is 11.5. The molecule has 2 saturated heterocycles. The van der Waals surface area contributed by atoms with Crippen LogP contribution in [0.5, 0.6) is 0 Å². The van der Waals surface area contributed by atoms with Gasteiger partial charge in [0.15, 0.2) is 6.10 Å². The van der Waals surface area contributed by atoms with Crippen LogP contribution < -0.4 is 0 Å². The molecule has 78 valence electrons. The van der Waals surface area contributed by atoms with Gasteiger partial charge in [-0.05, 0) is 5.56 Å². The van der Waals surface area contributed by atoms with Gasteiger partial charge in [-0.15, -0.1) is 11.8 Å². The van der Waals surface area contributed by atoms with Crippen molar-refractivity contribution in [3.05, 3.63) is 35.9 Å². The van der Waals surface area contributed by atoms with Crippen molar-refractivity contribution < 1.29 is 9.53 Å². The molecule has 4 heteroatoms. The minimum atomic E-state index is -0.168. The van der Waals surface area contributed by atoms with Crippen LogP contribution in [0.4, 0.5) is 4.79 Å². The van der Waals surface area contributed by atoms with Gasteiger partial charge in [0.25, 0.3) is 0 Å². The molecule has 0 radical (unpaired) electrons. The van der Waals surface area contributed by atoms with Gasteiger partial charge in [0, 0.05) is 12.3 Å². The first-order valence-electron chi connectivity index (χ1n) is 5.00. The molecule has 2 unspecified atom stereocenters. The van der Waals surface area contributed by atoms with Gasteiger partial charge < -0.3 is 4.74 Å². The number of fused-ring (bicyclic) bond motifs is 1. The molecule has 2 atom stereocenters. The lowest BCUT2D eigenvalue weighted by molar-refractivity contribution is 0.132. The Morgan fingerprint density at radius 1 is 1.33 bits per heavy atom. The number of thioether (sulfide) groups is 1. The van der Waals surface area contributed by atoms with E-state index in [0.717, 1.165) is 17.9 Å². The first-order valence-corrected chi connectivity index (χ1v) is 6.05. The fourth-order valence-corrected chi connectivity index (χ4v) is 3.35. The molecule has 0 aromatic heterocycles. The van der Waals surface area contributed by atoms with E-state index in [2.05, 4.69) is 0 Å². The molecule has 2 aliphatic heterocycles. The van der Waals surface area contributed by atoms with Gasteiger partial charge in [0.05, 0.1) is 0 Å². The van der Waals surface area contributed by atoms with E-state index in [-0.39, 0.29) is 17.6 Å². The lowest BCUT2D eigenvalue weighted by Gasteiger charge is -2.15. The summed E-state index contributed by atoms with van der Waals surface area (Å²) in [6.07, 6.45) is -0.259. The molecule has 3 rings (SSSR count). The molecule has 2 heterocycles. The van der Waals surface area contributed by atoms with Gasteiger partial charge in [0.1, 0.15) is 5.37 Å². The largest absolute Gasteiger partial charge is 0.438 e. The molecule has 0 spiro atoms. The standard InChI is InChI=1S/C11H11NO2S/c13-11-12-6-7-15-10(12)9(14-11)8-4-2-1-3-5-8/h1-5,9-10H,6-7H2. The summed E-state index contributed by atoms with van der Waals surface area (Å²) in [4.78, 5) is 13.4. The van der Waals surface area contributed by atoms with Crippen molar-refractivity contribution in [1.82, 2.24) is 4.90 Å². The Kier molecular flexibility index (Phi) is 2.09. The first kappa shape index (κ1) is 9.09. The first-order chi connectivity index (χ1) is 7.36. The molecule has 0 bridgehead atoms. The van der Waals surface area contributed by atoms with E-state index in [4.69, 9.17) is 4.74 Å². The van der Waals surface area contributed by atoms with Crippen LogP contribution in [0, 0.1) is 0 Å². The summed E-state index contributed by atoms with van der Waals surface area (Å²) < 4.78 is 5.38. The molecular weight excluding hydrogens is 210 g/mol. The average Bonchev–Trinajstić information content (AvgIpc) is 2.84. The zero-order valence-corrected chi connectivity index (χ0v) is 8.94. The number of nitrogens with zero attached hydrogens (tertiary/aromatic N) is 1. The van der Waals surface area contributed by atoms with Crippen molar-refractivity contribution in [2.24, 2.45) is 0 Å². The minimum absolute atomic E-state index is 0.0915. The zero-order chi connectivity index (χ0) is 10.3. The third-order valence-corrected chi connectivity index (χ3v) is 4.04. The fourth-order valence-electron chi connectivity index (χ4n) is 2.04. The van der Waals surface area contributed by atoms with Crippen molar-refractivity contribution in [3.63, 3.8) is 0 Å². The van der Waals surface area contributed by atoms with Crippen molar-refractivity contribution in [2.75, 3.05) is 12.3 Å². The Labute approximate surface area is 92.4 Å². The number of carbonyl (C=O) groups is 1. The van der Waals surface area contributed by atoms with Gasteiger partial charge in [-0.25, -0.2) is 4.79 Å². The van der Waals surface area contributed by atoms with Crippen LogP contribution in [0.25, 0.3) is 0 Å². The molecular formula is C11H11NO2S. The van der Waals surface area contributed by atoms with E-state index in [9.17, 15) is 4.79 Å². The van der Waals surface area contributed by atoms with Gasteiger partial charge in [-0.3, -0.25) is 4.90 Å². The van der Waals surface area contributed by atoms with Crippen LogP contribution in [0.3, 0.4) is 0 Å². The van der Waals surface area contributed by atoms with E-state index in [1.807, 2.05) is 35.2 Å². The lowest BCUT2D eigenvalue weighted by Crippen LogP contribution is -2.26. The number of rotatable bonds is 1. The summed E-state index contributed by atoms with van der Waals surface area (Å²) in [5.41, 5.74) is 1.09. The number of cyclic esters (lactones) is 1. The van der Waals surface area contributed by atoms with Crippen LogP contribution in [-0.4, -0.2) is 28.7 Å². The molecule has 15 heavy (non-hydrogen) atoms. The topological polar surface area (TPSA) is 29.5 Å². The Bertz CT molecular complexity index is 381. The number of hydrogen-bond donors (Lipinski definition) is 0. The second kappa shape index (κ2) is 3.45. The normalized spacial score (nSPS) is 29.1. The summed E-state index contributed by atoms with van der Waals surface area (Å²) in [5, 5.41) is 0.180. The van der Waals surface area contributed by atoms with E-state index in [0.29, 0.717) is 0 Å². The van der Waals surface area contributed by atoms with Crippen LogP contribution in [0.15, 0.2) is 30.3 Å². The number of ether oxygens (including phenoxy) is 1. The van der Waals surface area contributed by atoms with Crippen molar-refractivity contribution >= 4 is 17.9 Å². The van der Waals surface area contributed by atoms with Gasteiger partial charge in [-0.1, -0.05) is 30.3 Å². The van der Waals surface area contributed by atoms with Gasteiger partial charge in [-0.2, -0.15) is 0 Å². The molecule has 1 aromatic carbocycles. The Morgan fingerprint density at radius 2 is 2.13 bits per heavy atom. The van der Waals surface area contributed by atoms with Crippen LogP contribution in [-0.2, 0) is 4.74 Å². The van der Waals surface area contributed by atoms with E-state index < -0.39 is 0 Å². The Balaban J connectivity index is 1.92. The molecule has 0 N–H and O–H groups in total. The van der Waals surface area contributed by atoms with E-state index in [1.165, 1.54) is 0 Å². The smallest absolute Gasteiger partial charge is 0.411 e. The Morgan fingerprint density at radius 3 is 2.93 bits per heavy atom. The third kappa shape index (κ3) is 1.40. The number of amides is 1. The van der Waals surface area contributed by atoms with Crippen molar-refractivity contribution in [3.8, 4) is 0 Å². The highest BCUT2D eigenvalue weighted by Gasteiger charge is 2.45. The summed E-state index contributed by atoms with van der Waals surface area (Å²) in [5.74, 6) is 1.02. The third-order valence-electron chi connectivity index (χ3n) is 2.78. The van der Waals surface area contributed by atoms with Gasteiger partial charge in [0.2, 0.25) is 0 Å². The van der Waals surface area contributed by atoms with Crippen LogP contribution >= 0.6 is 11.8 Å². The highest BCUT2D eigenvalue weighted by molar-refractivity contribution is 8.00. The average molecular weight is 221 g/mol. The Hall–Kier alpha value is -1.16. The number of carbonyl (C=O) groups excluding carboxylic acids is 1. The molecule has 0 saturated carbocycles. The summed E-state index contributed by atoms with van der Waals surface area (Å²) in [6, 6.07) is 9.96. The molecule has 2 aliphatic rings. The highest BCUT2D eigenvalue weighted by atomic mass is 32.2. The molecule has 2 fully saturated rings. The fraction of sp³-hybridized carbons (Fsp3) is 0.364. The molecule has 3 nitrogen and oxygen atoms in total. The lowest BCUT2D eigenvalue weighted by atomic mass is 10.1. The SMILES string of the molecule is O=C1OC(c2ccccc2)C2SCCN12. The van der Waals surface area contributed by atoms with Crippen molar-refractivity contribution in [1.29, 1.82) is 0 Å². The molecule has 1 aromatic rings. The monoisotopic (exact) mass is 221 g/mol. The number of hydrogen-bond acceptors (Lipinski definition) is 3. The van der Waals surface area contributed by atoms with Crippen LogP contribution in [0.1, 0.15) is 11.7 Å². The predicted octanol–water partition coefficient (Wildman–Crippen LogP) is 2.25. The maximum absolute atomic E-state index is 11.5. The summed E-state index contributed by atoms with van der Waals surface area (Å²) in [7, 11) is 0. The maximum Gasteiger partial charge on any atom is 0.411 e. The second-order valence-electron chi connectivity index (χ2n) is 3.67. The molecule has 0 aliphatic carbocycles. The van der Waals surface area contributed by atoms with E-state index in [1.54, 1.807) is 11.8 Å². The highest BCUT2D eigenvalue weighted by Crippen LogP contribution is 2.41. The van der Waals surface area contributed by atoms with E-state index >= 15 is 0 Å². The van der Waals surface area contributed by atoms with Crippen LogP contribution in [0.2, 0.25) is 0 Å². The zero-order valence-electron chi connectivity index (χ0n) is 8.13. The van der Waals surface area contributed by atoms with Gasteiger partial charge >= 0.3 is 6.09 Å². The number of benzene rings is 1. The molecule has 1 amide bonds. The van der Waals surface area contributed by atoms with Crippen molar-refractivity contribution in [2.45, 2.75) is 11.5 Å². The predicted molar refractivity (Wildman–Crippen MR) is 58.6 cm³/mol.